The molecule has 2 aromatic carbocycles. The van der Waals surface area contributed by atoms with E-state index < -0.39 is 0 Å². The number of benzene rings is 2. The molecule has 0 unspecified atom stereocenters. The fourth-order valence-corrected chi connectivity index (χ4v) is 2.99. The van der Waals surface area contributed by atoms with Crippen molar-refractivity contribution in [2.45, 2.75) is 13.3 Å². The Morgan fingerprint density at radius 1 is 0.808 bits per heavy atom. The van der Waals surface area contributed by atoms with Crippen molar-refractivity contribution in [2.24, 2.45) is 0 Å². The van der Waals surface area contributed by atoms with Gasteiger partial charge in [0.15, 0.2) is 23.0 Å². The molecule has 5 heteroatoms. The molecule has 0 aliphatic heterocycles. The number of fused-ring (bicyclic) bond motifs is 1. The summed E-state index contributed by atoms with van der Waals surface area (Å²) in [5, 5.41) is 2.10. The highest BCUT2D eigenvalue weighted by atomic mass is 16.5. The molecule has 0 bridgehead atoms. The topological polar surface area (TPSA) is 49.8 Å². The first-order valence-electron chi connectivity index (χ1n) is 8.49. The van der Waals surface area contributed by atoms with Crippen LogP contribution in [0.3, 0.4) is 0 Å². The van der Waals surface area contributed by atoms with Crippen molar-refractivity contribution in [3.63, 3.8) is 0 Å². The molecule has 0 aliphatic carbocycles. The Labute approximate surface area is 153 Å². The number of aromatic nitrogens is 1. The second-order valence-corrected chi connectivity index (χ2v) is 5.78. The van der Waals surface area contributed by atoms with Crippen molar-refractivity contribution < 1.29 is 18.9 Å². The molecule has 0 spiro atoms. The Hall–Kier alpha value is -2.95. The zero-order chi connectivity index (χ0) is 18.5. The number of methoxy groups -OCH3 is 3. The average Bonchev–Trinajstić information content (AvgIpc) is 2.68. The molecule has 0 radical (unpaired) electrons. The first kappa shape index (κ1) is 17.9. The summed E-state index contributed by atoms with van der Waals surface area (Å²) in [5.41, 5.74) is 2.06. The van der Waals surface area contributed by atoms with E-state index in [9.17, 15) is 0 Å². The van der Waals surface area contributed by atoms with Gasteiger partial charge in [-0.2, -0.15) is 0 Å². The van der Waals surface area contributed by atoms with Crippen molar-refractivity contribution in [1.82, 2.24) is 4.98 Å². The first-order chi connectivity index (χ1) is 12.7. The molecule has 3 aromatic rings. The van der Waals surface area contributed by atoms with Gasteiger partial charge >= 0.3 is 0 Å². The monoisotopic (exact) mass is 353 g/mol. The number of hydrogen-bond donors (Lipinski definition) is 0. The van der Waals surface area contributed by atoms with E-state index in [4.69, 9.17) is 18.9 Å². The van der Waals surface area contributed by atoms with Crippen LogP contribution < -0.4 is 18.9 Å². The maximum atomic E-state index is 5.59. The molecule has 136 valence electrons. The van der Waals surface area contributed by atoms with Crippen LogP contribution in [0.4, 0.5) is 0 Å². The number of nitrogens with zero attached hydrogens (tertiary/aromatic N) is 1. The summed E-state index contributed by atoms with van der Waals surface area (Å²) in [6.07, 6.45) is 2.49. The minimum Gasteiger partial charge on any atom is -0.493 e. The van der Waals surface area contributed by atoms with E-state index in [0.29, 0.717) is 24.5 Å². The second kappa shape index (κ2) is 7.95. The second-order valence-electron chi connectivity index (χ2n) is 5.78. The zero-order valence-electron chi connectivity index (χ0n) is 15.5. The van der Waals surface area contributed by atoms with Crippen molar-refractivity contribution in [1.29, 1.82) is 0 Å². The van der Waals surface area contributed by atoms with Gasteiger partial charge in [0.25, 0.3) is 0 Å². The molecule has 1 aromatic heterocycles. The number of ether oxygens (including phenoxy) is 4. The first-order valence-corrected chi connectivity index (χ1v) is 8.49. The summed E-state index contributed by atoms with van der Waals surface area (Å²) in [6.45, 7) is 2.55. The van der Waals surface area contributed by atoms with Gasteiger partial charge in [-0.25, -0.2) is 0 Å². The molecule has 3 rings (SSSR count). The summed E-state index contributed by atoms with van der Waals surface area (Å²) < 4.78 is 21.9. The van der Waals surface area contributed by atoms with Crippen molar-refractivity contribution in [2.75, 3.05) is 27.9 Å². The average molecular weight is 353 g/mol. The third-order valence-corrected chi connectivity index (χ3v) is 4.25. The Balaban J connectivity index is 2.01. The largest absolute Gasteiger partial charge is 0.493 e. The zero-order valence-corrected chi connectivity index (χ0v) is 15.5. The van der Waals surface area contributed by atoms with E-state index in [2.05, 4.69) is 4.98 Å². The van der Waals surface area contributed by atoms with Gasteiger partial charge in [-0.05, 0) is 48.2 Å². The van der Waals surface area contributed by atoms with Crippen LogP contribution >= 0.6 is 0 Å². The fourth-order valence-electron chi connectivity index (χ4n) is 2.99. The summed E-state index contributed by atoms with van der Waals surface area (Å²) in [4.78, 5) is 4.58. The van der Waals surface area contributed by atoms with Gasteiger partial charge < -0.3 is 18.9 Å². The van der Waals surface area contributed by atoms with E-state index in [1.807, 2.05) is 49.5 Å². The Morgan fingerprint density at radius 3 is 2.19 bits per heavy atom. The van der Waals surface area contributed by atoms with Crippen LogP contribution in [0.25, 0.3) is 10.8 Å². The van der Waals surface area contributed by atoms with Crippen LogP contribution in [-0.2, 0) is 6.42 Å². The molecule has 1 heterocycles. The molecular weight excluding hydrogens is 330 g/mol. The maximum Gasteiger partial charge on any atom is 0.161 e. The van der Waals surface area contributed by atoms with Crippen molar-refractivity contribution in [3.8, 4) is 23.0 Å². The number of pyridine rings is 1. The lowest BCUT2D eigenvalue weighted by molar-refractivity contribution is 0.310. The predicted molar refractivity (Wildman–Crippen MR) is 102 cm³/mol. The van der Waals surface area contributed by atoms with E-state index in [0.717, 1.165) is 33.5 Å². The van der Waals surface area contributed by atoms with Crippen LogP contribution in [0.5, 0.6) is 23.0 Å². The van der Waals surface area contributed by atoms with Gasteiger partial charge in [-0.3, -0.25) is 4.98 Å². The third-order valence-electron chi connectivity index (χ3n) is 4.25. The summed E-state index contributed by atoms with van der Waals surface area (Å²) >= 11 is 0. The lowest BCUT2D eigenvalue weighted by atomic mass is 10.0. The maximum absolute atomic E-state index is 5.59. The normalized spacial score (nSPS) is 10.6. The van der Waals surface area contributed by atoms with Crippen LogP contribution in [0.15, 0.2) is 42.6 Å². The highest BCUT2D eigenvalue weighted by molar-refractivity contribution is 5.88. The van der Waals surface area contributed by atoms with Crippen LogP contribution in [0, 0.1) is 0 Å². The molecule has 0 N–H and O–H groups in total. The van der Waals surface area contributed by atoms with Gasteiger partial charge in [-0.15, -0.1) is 0 Å². The van der Waals surface area contributed by atoms with Crippen LogP contribution in [0.2, 0.25) is 0 Å². The summed E-state index contributed by atoms with van der Waals surface area (Å²) in [7, 11) is 4.92. The summed E-state index contributed by atoms with van der Waals surface area (Å²) in [6, 6.07) is 11.9. The SMILES string of the molecule is CCOc1ccc(Cc2nccc3cc(OC)c(OC)cc23)cc1OC. The molecule has 0 amide bonds. The van der Waals surface area contributed by atoms with Gasteiger partial charge in [0.05, 0.1) is 33.6 Å². The van der Waals surface area contributed by atoms with Crippen molar-refractivity contribution >= 4 is 10.8 Å². The van der Waals surface area contributed by atoms with Gasteiger partial charge in [-0.1, -0.05) is 6.07 Å². The van der Waals surface area contributed by atoms with Crippen LogP contribution in [0.1, 0.15) is 18.2 Å². The predicted octanol–water partition coefficient (Wildman–Crippen LogP) is 4.25. The molecule has 26 heavy (non-hydrogen) atoms. The quantitative estimate of drug-likeness (QED) is 0.635. The Morgan fingerprint density at radius 2 is 1.50 bits per heavy atom. The van der Waals surface area contributed by atoms with Gasteiger partial charge in [0.1, 0.15) is 0 Å². The van der Waals surface area contributed by atoms with Crippen LogP contribution in [-0.4, -0.2) is 32.9 Å². The molecule has 0 atom stereocenters. The molecule has 0 saturated carbocycles. The molecule has 0 fully saturated rings. The highest BCUT2D eigenvalue weighted by Crippen LogP contribution is 2.34. The summed E-state index contributed by atoms with van der Waals surface area (Å²) in [5.74, 6) is 2.87. The Bertz CT molecular complexity index is 908. The van der Waals surface area contributed by atoms with Gasteiger partial charge in [0.2, 0.25) is 0 Å². The molecule has 5 nitrogen and oxygen atoms in total. The van der Waals surface area contributed by atoms with E-state index in [1.54, 1.807) is 21.3 Å². The minimum absolute atomic E-state index is 0.599. The van der Waals surface area contributed by atoms with E-state index in [1.165, 1.54) is 0 Å². The molecular formula is C21H23NO4. The van der Waals surface area contributed by atoms with Crippen molar-refractivity contribution in [3.05, 3.63) is 53.9 Å². The standard InChI is InChI=1S/C21H23NO4/c1-5-26-18-7-6-14(11-19(18)23-2)10-17-16-13-21(25-4)20(24-3)12-15(16)8-9-22-17/h6-9,11-13H,5,10H2,1-4H3. The molecule has 0 aliphatic rings. The van der Waals surface area contributed by atoms with E-state index >= 15 is 0 Å². The lowest BCUT2D eigenvalue weighted by Gasteiger charge is -2.13. The molecule has 0 saturated heterocycles. The fraction of sp³-hybridized carbons (Fsp3) is 0.286. The Kier molecular flexibility index (Phi) is 5.46. The number of rotatable bonds is 7. The minimum atomic E-state index is 0.599. The highest BCUT2D eigenvalue weighted by Gasteiger charge is 2.12. The third kappa shape index (κ3) is 3.52. The smallest absolute Gasteiger partial charge is 0.161 e. The van der Waals surface area contributed by atoms with Gasteiger partial charge in [0, 0.05) is 18.0 Å². The lowest BCUT2D eigenvalue weighted by Crippen LogP contribution is -1.99. The number of hydrogen-bond acceptors (Lipinski definition) is 5. The van der Waals surface area contributed by atoms with E-state index in [-0.39, 0.29) is 0 Å².